The fourth-order valence-corrected chi connectivity index (χ4v) is 4.46. The topological polar surface area (TPSA) is 43.9 Å². The molecule has 2 fully saturated rings. The number of rotatable bonds is 4. The molecule has 0 bridgehead atoms. The minimum Gasteiger partial charge on any atom is -0.368 e. The SMILES string of the molecule is Cc1ccccc1N1CCN(C(=O)[C@@H]2CC(=O)N(Cc3ccccc3Cl)C2)CC1. The van der Waals surface area contributed by atoms with E-state index in [4.69, 9.17) is 11.6 Å². The predicted molar refractivity (Wildman–Crippen MR) is 115 cm³/mol. The molecule has 2 heterocycles. The summed E-state index contributed by atoms with van der Waals surface area (Å²) in [6.45, 7) is 6.08. The highest BCUT2D eigenvalue weighted by Crippen LogP contribution is 2.26. The van der Waals surface area contributed by atoms with Crippen molar-refractivity contribution in [3.8, 4) is 0 Å². The molecule has 5 nitrogen and oxygen atoms in total. The van der Waals surface area contributed by atoms with Crippen LogP contribution in [0, 0.1) is 12.8 Å². The van der Waals surface area contributed by atoms with Gasteiger partial charge in [0.1, 0.15) is 0 Å². The van der Waals surface area contributed by atoms with Gasteiger partial charge in [-0.15, -0.1) is 0 Å². The van der Waals surface area contributed by atoms with Crippen molar-refractivity contribution in [3.05, 3.63) is 64.7 Å². The summed E-state index contributed by atoms with van der Waals surface area (Å²) < 4.78 is 0. The van der Waals surface area contributed by atoms with Crippen LogP contribution in [0.25, 0.3) is 0 Å². The number of nitrogens with zero attached hydrogens (tertiary/aromatic N) is 3. The van der Waals surface area contributed by atoms with Crippen LogP contribution in [-0.4, -0.2) is 54.3 Å². The molecule has 0 N–H and O–H groups in total. The molecule has 2 aliphatic rings. The molecule has 1 atom stereocenters. The molecular formula is C23H26ClN3O2. The number of benzene rings is 2. The number of carbonyl (C=O) groups excluding carboxylic acids is 2. The number of amides is 2. The summed E-state index contributed by atoms with van der Waals surface area (Å²) in [5.41, 5.74) is 3.41. The fraction of sp³-hybridized carbons (Fsp3) is 0.391. The zero-order valence-corrected chi connectivity index (χ0v) is 17.4. The number of para-hydroxylation sites is 1. The second-order valence-electron chi connectivity index (χ2n) is 7.87. The zero-order valence-electron chi connectivity index (χ0n) is 16.7. The third-order valence-electron chi connectivity index (χ3n) is 5.93. The number of carbonyl (C=O) groups is 2. The maximum atomic E-state index is 13.0. The van der Waals surface area contributed by atoms with E-state index in [0.717, 1.165) is 18.7 Å². The number of halogens is 1. The van der Waals surface area contributed by atoms with Crippen molar-refractivity contribution in [2.45, 2.75) is 19.9 Å². The number of piperazine rings is 1. The smallest absolute Gasteiger partial charge is 0.228 e. The zero-order chi connectivity index (χ0) is 20.4. The first-order valence-electron chi connectivity index (χ1n) is 10.1. The van der Waals surface area contributed by atoms with Crippen LogP contribution in [0.2, 0.25) is 5.02 Å². The van der Waals surface area contributed by atoms with Crippen molar-refractivity contribution in [2.75, 3.05) is 37.6 Å². The van der Waals surface area contributed by atoms with Crippen molar-refractivity contribution in [1.29, 1.82) is 0 Å². The first kappa shape index (κ1) is 19.8. The summed E-state index contributed by atoms with van der Waals surface area (Å²) >= 11 is 6.23. The molecule has 152 valence electrons. The van der Waals surface area contributed by atoms with E-state index in [2.05, 4.69) is 30.0 Å². The minimum absolute atomic E-state index is 0.0295. The molecule has 4 rings (SSSR count). The normalized spacial score (nSPS) is 19.7. The van der Waals surface area contributed by atoms with Gasteiger partial charge < -0.3 is 14.7 Å². The van der Waals surface area contributed by atoms with Crippen LogP contribution in [0.15, 0.2) is 48.5 Å². The highest BCUT2D eigenvalue weighted by Gasteiger charge is 2.37. The molecule has 2 amide bonds. The lowest BCUT2D eigenvalue weighted by Gasteiger charge is -2.37. The second kappa shape index (κ2) is 8.46. The van der Waals surface area contributed by atoms with Crippen molar-refractivity contribution in [3.63, 3.8) is 0 Å². The Morgan fingerprint density at radius 2 is 1.72 bits per heavy atom. The van der Waals surface area contributed by atoms with E-state index in [9.17, 15) is 9.59 Å². The van der Waals surface area contributed by atoms with Gasteiger partial charge in [-0.3, -0.25) is 9.59 Å². The molecular weight excluding hydrogens is 386 g/mol. The van der Waals surface area contributed by atoms with E-state index < -0.39 is 0 Å². The van der Waals surface area contributed by atoms with Crippen LogP contribution < -0.4 is 4.90 Å². The van der Waals surface area contributed by atoms with Gasteiger partial charge in [0.15, 0.2) is 0 Å². The quantitative estimate of drug-likeness (QED) is 0.775. The lowest BCUT2D eigenvalue weighted by Crippen LogP contribution is -2.50. The van der Waals surface area contributed by atoms with Crippen LogP contribution in [0.5, 0.6) is 0 Å². The van der Waals surface area contributed by atoms with E-state index in [1.807, 2.05) is 35.2 Å². The van der Waals surface area contributed by atoms with Crippen LogP contribution in [0.1, 0.15) is 17.5 Å². The lowest BCUT2D eigenvalue weighted by atomic mass is 10.1. The molecule has 2 saturated heterocycles. The van der Waals surface area contributed by atoms with Gasteiger partial charge in [-0.05, 0) is 30.2 Å². The Kier molecular flexibility index (Phi) is 5.76. The van der Waals surface area contributed by atoms with Gasteiger partial charge in [-0.25, -0.2) is 0 Å². The molecule has 0 unspecified atom stereocenters. The summed E-state index contributed by atoms with van der Waals surface area (Å²) in [7, 11) is 0. The van der Waals surface area contributed by atoms with Gasteiger partial charge in [0.2, 0.25) is 11.8 Å². The van der Waals surface area contributed by atoms with Crippen molar-refractivity contribution < 1.29 is 9.59 Å². The molecule has 2 aromatic rings. The van der Waals surface area contributed by atoms with Gasteiger partial charge in [-0.2, -0.15) is 0 Å². The maximum absolute atomic E-state index is 13.0. The fourth-order valence-electron chi connectivity index (χ4n) is 4.27. The average Bonchev–Trinajstić information content (AvgIpc) is 3.10. The number of hydrogen-bond donors (Lipinski definition) is 0. The van der Waals surface area contributed by atoms with Crippen LogP contribution in [0.4, 0.5) is 5.69 Å². The van der Waals surface area contributed by atoms with E-state index in [1.54, 1.807) is 4.90 Å². The Bertz CT molecular complexity index is 909. The van der Waals surface area contributed by atoms with E-state index in [1.165, 1.54) is 11.3 Å². The molecule has 0 radical (unpaired) electrons. The molecule has 0 spiro atoms. The van der Waals surface area contributed by atoms with E-state index in [-0.39, 0.29) is 17.7 Å². The van der Waals surface area contributed by atoms with Gasteiger partial charge >= 0.3 is 0 Å². The standard InChI is InChI=1S/C23H26ClN3O2/c1-17-6-2-5-9-21(17)25-10-12-26(13-11-25)23(29)19-14-22(28)27(16-19)15-18-7-3-4-8-20(18)24/h2-9,19H,10-16H2,1H3/t19-/m1/s1. The third-order valence-corrected chi connectivity index (χ3v) is 6.30. The van der Waals surface area contributed by atoms with Crippen LogP contribution >= 0.6 is 11.6 Å². The molecule has 6 heteroatoms. The third kappa shape index (κ3) is 4.25. The van der Waals surface area contributed by atoms with Gasteiger partial charge in [0.25, 0.3) is 0 Å². The van der Waals surface area contributed by atoms with Crippen molar-refractivity contribution in [2.24, 2.45) is 5.92 Å². The monoisotopic (exact) mass is 411 g/mol. The summed E-state index contributed by atoms with van der Waals surface area (Å²) in [5, 5.41) is 0.655. The number of aryl methyl sites for hydroxylation is 1. The Morgan fingerprint density at radius 1 is 1.03 bits per heavy atom. The largest absolute Gasteiger partial charge is 0.368 e. The minimum atomic E-state index is -0.255. The molecule has 0 saturated carbocycles. The number of anilines is 1. The molecule has 2 aromatic carbocycles. The number of hydrogen-bond acceptors (Lipinski definition) is 3. The molecule has 0 aromatic heterocycles. The number of likely N-dealkylation sites (tertiary alicyclic amines) is 1. The Balaban J connectivity index is 1.34. The lowest BCUT2D eigenvalue weighted by molar-refractivity contribution is -0.136. The Hall–Kier alpha value is -2.53. The predicted octanol–water partition coefficient (Wildman–Crippen LogP) is 3.35. The van der Waals surface area contributed by atoms with E-state index >= 15 is 0 Å². The van der Waals surface area contributed by atoms with Gasteiger partial charge in [-0.1, -0.05) is 48.0 Å². The second-order valence-corrected chi connectivity index (χ2v) is 8.27. The first-order chi connectivity index (χ1) is 14.0. The maximum Gasteiger partial charge on any atom is 0.228 e. The molecule has 29 heavy (non-hydrogen) atoms. The highest BCUT2D eigenvalue weighted by atomic mass is 35.5. The summed E-state index contributed by atoms with van der Waals surface area (Å²) in [4.78, 5) is 31.5. The van der Waals surface area contributed by atoms with Gasteiger partial charge in [0, 0.05) is 56.4 Å². The van der Waals surface area contributed by atoms with Crippen molar-refractivity contribution >= 4 is 29.1 Å². The van der Waals surface area contributed by atoms with E-state index in [0.29, 0.717) is 37.6 Å². The summed E-state index contributed by atoms with van der Waals surface area (Å²) in [6.07, 6.45) is 0.293. The van der Waals surface area contributed by atoms with Crippen LogP contribution in [0.3, 0.4) is 0 Å². The van der Waals surface area contributed by atoms with Crippen LogP contribution in [-0.2, 0) is 16.1 Å². The van der Waals surface area contributed by atoms with Crippen molar-refractivity contribution in [1.82, 2.24) is 9.80 Å². The summed E-state index contributed by atoms with van der Waals surface area (Å²) in [6, 6.07) is 15.9. The first-order valence-corrected chi connectivity index (χ1v) is 10.5. The average molecular weight is 412 g/mol. The Morgan fingerprint density at radius 3 is 2.45 bits per heavy atom. The highest BCUT2D eigenvalue weighted by molar-refractivity contribution is 6.31. The molecule has 2 aliphatic heterocycles. The molecule has 0 aliphatic carbocycles. The summed E-state index contributed by atoms with van der Waals surface area (Å²) in [5.74, 6) is -0.124. The van der Waals surface area contributed by atoms with Gasteiger partial charge in [0.05, 0.1) is 5.92 Å². The Labute approximate surface area is 176 Å².